The predicted octanol–water partition coefficient (Wildman–Crippen LogP) is 3.55. The van der Waals surface area contributed by atoms with Crippen LogP contribution in [0, 0.1) is 52.4 Å². The second-order valence-electron chi connectivity index (χ2n) is 5.39. The number of benzene rings is 1. The Labute approximate surface area is 171 Å². The predicted molar refractivity (Wildman–Crippen MR) is 99.4 cm³/mol. The average Bonchev–Trinajstić information content (AvgIpc) is 2.57. The van der Waals surface area contributed by atoms with E-state index in [1.807, 2.05) is 33.0 Å². The van der Waals surface area contributed by atoms with Gasteiger partial charge in [-0.05, 0) is 42.7 Å². The Morgan fingerprint density at radius 3 is 2.40 bits per heavy atom. The normalized spacial score (nSPS) is 9.92. The molecule has 2 aromatic heterocycles. The zero-order valence-corrected chi connectivity index (χ0v) is 19.3. The second-order valence-corrected chi connectivity index (χ2v) is 5.39. The fraction of sp³-hybridized carbons (Fsp3) is 0.222. The molecule has 130 valence electrons. The van der Waals surface area contributed by atoms with Gasteiger partial charge in [0.2, 0.25) is 5.95 Å². The van der Waals surface area contributed by atoms with E-state index >= 15 is 0 Å². The van der Waals surface area contributed by atoms with Crippen LogP contribution in [0.25, 0.3) is 22.2 Å². The molecule has 0 aliphatic heterocycles. The van der Waals surface area contributed by atoms with Gasteiger partial charge >= 0.3 is 0 Å². The van der Waals surface area contributed by atoms with E-state index in [1.54, 1.807) is 19.3 Å². The van der Waals surface area contributed by atoms with Gasteiger partial charge in [0.05, 0.1) is 0 Å². The molecule has 0 aliphatic rings. The zero-order chi connectivity index (χ0) is 16.6. The number of pyridine rings is 1. The van der Waals surface area contributed by atoms with Crippen LogP contribution in [0.1, 0.15) is 11.1 Å². The van der Waals surface area contributed by atoms with Crippen molar-refractivity contribution in [1.82, 2.24) is 15.0 Å². The van der Waals surface area contributed by atoms with Gasteiger partial charge in [-0.25, -0.2) is 9.97 Å². The molecule has 0 atom stereocenters. The molecule has 3 N–H and O–H groups in total. The molecule has 0 amide bonds. The Balaban J connectivity index is 0.00000156. The van der Waals surface area contributed by atoms with Crippen LogP contribution < -0.4 is 10.6 Å². The molecule has 0 aliphatic carbocycles. The second kappa shape index (κ2) is 8.50. The summed E-state index contributed by atoms with van der Waals surface area (Å²) >= 11 is 0. The van der Waals surface area contributed by atoms with Crippen molar-refractivity contribution in [2.45, 2.75) is 13.8 Å². The first kappa shape index (κ1) is 21.2. The quantitative estimate of drug-likeness (QED) is 0.424. The molecule has 6 nitrogen and oxygen atoms in total. The number of nitrogens with zero attached hydrogens (tertiary/aromatic N) is 3. The minimum atomic E-state index is 0. The fourth-order valence-electron chi connectivity index (χ4n) is 2.72. The van der Waals surface area contributed by atoms with Gasteiger partial charge in [-0.15, -0.1) is 0 Å². The van der Waals surface area contributed by atoms with Gasteiger partial charge in [0.15, 0.2) is 5.65 Å². The summed E-state index contributed by atoms with van der Waals surface area (Å²) in [5.74, 6) is 1.52. The van der Waals surface area contributed by atoms with Crippen LogP contribution in [0.5, 0.6) is 5.75 Å². The van der Waals surface area contributed by atoms with Crippen molar-refractivity contribution in [3.63, 3.8) is 0 Å². The van der Waals surface area contributed by atoms with E-state index in [9.17, 15) is 5.11 Å². The van der Waals surface area contributed by atoms with Crippen LogP contribution in [0.2, 0.25) is 0 Å². The van der Waals surface area contributed by atoms with Crippen molar-refractivity contribution in [3.05, 3.63) is 42.9 Å². The summed E-state index contributed by atoms with van der Waals surface area (Å²) in [6.45, 7) is 3.92. The number of rotatable bonds is 3. The third-order valence-corrected chi connectivity index (χ3v) is 3.94. The monoisotopic (exact) mass is 562 g/mol. The molecule has 3 rings (SSSR count). The summed E-state index contributed by atoms with van der Waals surface area (Å²) in [7, 11) is 3.60. The maximum absolute atomic E-state index is 10.1. The van der Waals surface area contributed by atoms with Crippen molar-refractivity contribution in [2.75, 3.05) is 24.7 Å². The Hall–Kier alpha value is -1.84. The molecule has 0 radical (unpaired) electrons. The van der Waals surface area contributed by atoms with Crippen LogP contribution in [-0.4, -0.2) is 34.2 Å². The van der Waals surface area contributed by atoms with E-state index < -0.39 is 0 Å². The SMILES string of the molecule is CNc1ncc2cc(-c3c(C)ccc(O)c3C)c(NC)nc2n1.[CH3-].[U]. The number of phenolic OH excluding ortho intramolecular Hbond substituents is 1. The molecule has 1 aromatic carbocycles. The minimum absolute atomic E-state index is 0. The van der Waals surface area contributed by atoms with Gasteiger partial charge in [0.1, 0.15) is 11.6 Å². The number of aromatic hydroxyl groups is 1. The van der Waals surface area contributed by atoms with Crippen molar-refractivity contribution in [3.8, 4) is 16.9 Å². The first-order chi connectivity index (χ1) is 11.0. The van der Waals surface area contributed by atoms with Gasteiger partial charge in [-0.2, -0.15) is 4.98 Å². The number of aryl methyl sites for hydroxylation is 1. The molecule has 0 bridgehead atoms. The number of fused-ring (bicyclic) bond motifs is 1. The number of anilines is 2. The van der Waals surface area contributed by atoms with Crippen molar-refractivity contribution in [1.29, 1.82) is 0 Å². The molecule has 0 saturated heterocycles. The largest absolute Gasteiger partial charge is 0.508 e. The molecule has 3 aromatic rings. The number of nitrogens with one attached hydrogen (secondary N) is 2. The Kier molecular flexibility index (Phi) is 7.21. The molecule has 2 heterocycles. The summed E-state index contributed by atoms with van der Waals surface area (Å²) in [5, 5.41) is 16.9. The molecule has 25 heavy (non-hydrogen) atoms. The van der Waals surface area contributed by atoms with Gasteiger partial charge in [0, 0.05) is 62.4 Å². The minimum Gasteiger partial charge on any atom is -0.508 e. The van der Waals surface area contributed by atoms with Gasteiger partial charge in [0.25, 0.3) is 0 Å². The van der Waals surface area contributed by atoms with Crippen LogP contribution in [0.15, 0.2) is 24.4 Å². The average molecular weight is 562 g/mol. The van der Waals surface area contributed by atoms with Crippen molar-refractivity contribution >= 4 is 22.8 Å². The number of aromatic nitrogens is 3. The van der Waals surface area contributed by atoms with Crippen LogP contribution in [-0.2, 0) is 0 Å². The number of hydrogen-bond donors (Lipinski definition) is 3. The Morgan fingerprint density at radius 2 is 1.76 bits per heavy atom. The van der Waals surface area contributed by atoms with E-state index in [2.05, 4.69) is 25.6 Å². The van der Waals surface area contributed by atoms with Crippen molar-refractivity contribution in [2.24, 2.45) is 0 Å². The summed E-state index contributed by atoms with van der Waals surface area (Å²) in [6, 6.07) is 5.62. The van der Waals surface area contributed by atoms with E-state index in [1.165, 1.54) is 0 Å². The van der Waals surface area contributed by atoms with Crippen LogP contribution in [0.4, 0.5) is 11.8 Å². The number of phenols is 1. The summed E-state index contributed by atoms with van der Waals surface area (Å²) in [5.41, 5.74) is 4.42. The van der Waals surface area contributed by atoms with E-state index in [4.69, 9.17) is 0 Å². The van der Waals surface area contributed by atoms with E-state index in [0.29, 0.717) is 11.6 Å². The van der Waals surface area contributed by atoms with E-state index in [0.717, 1.165) is 33.5 Å². The molecule has 0 saturated carbocycles. The molecule has 0 spiro atoms. The summed E-state index contributed by atoms with van der Waals surface area (Å²) in [4.78, 5) is 13.2. The zero-order valence-electron chi connectivity index (χ0n) is 15.1. The molecular formula is C18H22N5OU-. The third kappa shape index (κ3) is 3.88. The molecular weight excluding hydrogens is 540 g/mol. The van der Waals surface area contributed by atoms with Crippen molar-refractivity contribution < 1.29 is 36.2 Å². The first-order valence-electron chi connectivity index (χ1n) is 7.38. The summed E-state index contributed by atoms with van der Waals surface area (Å²) in [6.07, 6.45) is 1.75. The van der Waals surface area contributed by atoms with E-state index in [-0.39, 0.29) is 44.3 Å². The third-order valence-electron chi connectivity index (χ3n) is 3.94. The van der Waals surface area contributed by atoms with Gasteiger partial charge in [-0.3, -0.25) is 0 Å². The summed E-state index contributed by atoms with van der Waals surface area (Å²) < 4.78 is 0. The van der Waals surface area contributed by atoms with Crippen LogP contribution >= 0.6 is 0 Å². The number of hydrogen-bond acceptors (Lipinski definition) is 6. The smallest absolute Gasteiger partial charge is 0.224 e. The topological polar surface area (TPSA) is 83.0 Å². The Bertz CT molecular complexity index is 898. The standard InChI is InChI=1S/C17H19N5O.CH3.U/c1-9-5-6-13(23)10(2)14(9)12-7-11-8-20-17(19-4)22-15(11)21-16(12)18-3;;/h5-8,23H,1-4H3,(H2,18,19,20,21,22);1H3;/q;-1;. The van der Waals surface area contributed by atoms with Gasteiger partial charge < -0.3 is 23.2 Å². The maximum Gasteiger partial charge on any atom is 0.224 e. The van der Waals surface area contributed by atoms with Gasteiger partial charge in [-0.1, -0.05) is 6.07 Å². The maximum atomic E-state index is 10.1. The fourth-order valence-corrected chi connectivity index (χ4v) is 2.72. The van der Waals surface area contributed by atoms with Crippen LogP contribution in [0.3, 0.4) is 0 Å². The first-order valence-corrected chi connectivity index (χ1v) is 7.38. The molecule has 0 unspecified atom stereocenters. The Morgan fingerprint density at radius 1 is 1.04 bits per heavy atom. The molecule has 7 heteroatoms. The molecule has 0 fully saturated rings.